The van der Waals surface area contributed by atoms with E-state index < -0.39 is 12.2 Å². The molecule has 0 aromatic heterocycles. The first-order chi connectivity index (χ1) is 8.99. The molecule has 0 heterocycles. The molecule has 1 aromatic rings. The van der Waals surface area contributed by atoms with E-state index in [9.17, 15) is 9.90 Å². The molecule has 1 aliphatic carbocycles. The van der Waals surface area contributed by atoms with Gasteiger partial charge >= 0.3 is 0 Å². The fourth-order valence-electron chi connectivity index (χ4n) is 2.44. The number of nitrogens with zero attached hydrogens (tertiary/aromatic N) is 1. The lowest BCUT2D eigenvalue weighted by Gasteiger charge is -2.23. The third-order valence-electron chi connectivity index (χ3n) is 3.50. The Morgan fingerprint density at radius 2 is 2.21 bits per heavy atom. The first-order valence-corrected chi connectivity index (χ1v) is 6.67. The van der Waals surface area contributed by atoms with Gasteiger partial charge in [0, 0.05) is 14.1 Å². The van der Waals surface area contributed by atoms with E-state index in [1.807, 2.05) is 18.2 Å². The predicted molar refractivity (Wildman–Crippen MR) is 73.1 cm³/mol. The standard InChI is InChI=1S/C15H21NO3/c1-10(15(18)16(2)3)19-12-8-7-11-5-4-6-14(17)13(11)9-12/h7-10,14,17H,4-6H2,1-3H3/t10?,14-/m0/s1. The number of aryl methyl sites for hydroxylation is 1. The van der Waals surface area contributed by atoms with Crippen molar-refractivity contribution in [1.82, 2.24) is 4.90 Å². The summed E-state index contributed by atoms with van der Waals surface area (Å²) in [5, 5.41) is 9.99. The summed E-state index contributed by atoms with van der Waals surface area (Å²) in [7, 11) is 3.41. The van der Waals surface area contributed by atoms with Crippen molar-refractivity contribution in [3.8, 4) is 5.75 Å². The maximum atomic E-state index is 11.8. The summed E-state index contributed by atoms with van der Waals surface area (Å²) < 4.78 is 5.65. The average molecular weight is 263 g/mol. The van der Waals surface area contributed by atoms with Crippen molar-refractivity contribution in [3.05, 3.63) is 29.3 Å². The van der Waals surface area contributed by atoms with Gasteiger partial charge in [0.15, 0.2) is 6.10 Å². The van der Waals surface area contributed by atoms with Gasteiger partial charge in [-0.05, 0) is 49.4 Å². The third kappa shape index (κ3) is 3.07. The Hall–Kier alpha value is -1.55. The Morgan fingerprint density at radius 1 is 1.47 bits per heavy atom. The number of benzene rings is 1. The molecule has 0 aliphatic heterocycles. The number of carbonyl (C=O) groups is 1. The van der Waals surface area contributed by atoms with E-state index in [-0.39, 0.29) is 5.91 Å². The van der Waals surface area contributed by atoms with Gasteiger partial charge in [0.2, 0.25) is 0 Å². The SMILES string of the molecule is CC(Oc1ccc2c(c1)[C@@H](O)CCC2)C(=O)N(C)C. The molecule has 0 saturated carbocycles. The minimum absolute atomic E-state index is 0.0710. The highest BCUT2D eigenvalue weighted by Crippen LogP contribution is 2.32. The Bertz CT molecular complexity index is 470. The van der Waals surface area contributed by atoms with Crippen molar-refractivity contribution in [2.24, 2.45) is 0 Å². The number of amides is 1. The molecule has 0 spiro atoms. The third-order valence-corrected chi connectivity index (χ3v) is 3.50. The van der Waals surface area contributed by atoms with Crippen LogP contribution in [0.1, 0.15) is 37.0 Å². The molecular weight excluding hydrogens is 242 g/mol. The van der Waals surface area contributed by atoms with Crippen molar-refractivity contribution in [2.75, 3.05) is 14.1 Å². The Kier molecular flexibility index (Phi) is 4.10. The maximum absolute atomic E-state index is 11.8. The summed E-state index contributed by atoms with van der Waals surface area (Å²) in [6.07, 6.45) is 1.88. The van der Waals surface area contributed by atoms with Crippen molar-refractivity contribution in [3.63, 3.8) is 0 Å². The number of hydrogen-bond acceptors (Lipinski definition) is 3. The molecule has 2 atom stereocenters. The van der Waals surface area contributed by atoms with E-state index in [0.29, 0.717) is 5.75 Å². The van der Waals surface area contributed by atoms with Crippen LogP contribution in [0, 0.1) is 0 Å². The lowest BCUT2D eigenvalue weighted by Crippen LogP contribution is -2.35. The molecule has 1 N–H and O–H groups in total. The van der Waals surface area contributed by atoms with Crippen molar-refractivity contribution in [1.29, 1.82) is 0 Å². The number of aliphatic hydroxyl groups is 1. The molecule has 4 nitrogen and oxygen atoms in total. The number of rotatable bonds is 3. The molecule has 0 radical (unpaired) electrons. The zero-order valence-electron chi connectivity index (χ0n) is 11.7. The monoisotopic (exact) mass is 263 g/mol. The van der Waals surface area contributed by atoms with Crippen LogP contribution in [0.2, 0.25) is 0 Å². The zero-order valence-corrected chi connectivity index (χ0v) is 11.7. The van der Waals surface area contributed by atoms with Gasteiger partial charge in [-0.3, -0.25) is 4.79 Å². The van der Waals surface area contributed by atoms with E-state index >= 15 is 0 Å². The number of fused-ring (bicyclic) bond motifs is 1. The van der Waals surface area contributed by atoms with Gasteiger partial charge in [-0.15, -0.1) is 0 Å². The topological polar surface area (TPSA) is 49.8 Å². The molecule has 19 heavy (non-hydrogen) atoms. The molecule has 4 heteroatoms. The fraction of sp³-hybridized carbons (Fsp3) is 0.533. The van der Waals surface area contributed by atoms with E-state index in [0.717, 1.165) is 24.8 Å². The first-order valence-electron chi connectivity index (χ1n) is 6.67. The van der Waals surface area contributed by atoms with Gasteiger partial charge in [0.25, 0.3) is 5.91 Å². The Labute approximate surface area is 114 Å². The molecular formula is C15H21NO3. The van der Waals surface area contributed by atoms with Gasteiger partial charge in [-0.25, -0.2) is 0 Å². The summed E-state index contributed by atoms with van der Waals surface area (Å²) >= 11 is 0. The Morgan fingerprint density at radius 3 is 2.89 bits per heavy atom. The molecule has 1 amide bonds. The molecule has 2 rings (SSSR count). The van der Waals surface area contributed by atoms with Gasteiger partial charge < -0.3 is 14.7 Å². The van der Waals surface area contributed by atoms with Crippen LogP contribution in [0.5, 0.6) is 5.75 Å². The summed E-state index contributed by atoms with van der Waals surface area (Å²) in [6, 6.07) is 5.72. The highest BCUT2D eigenvalue weighted by atomic mass is 16.5. The molecule has 1 aromatic carbocycles. The van der Waals surface area contributed by atoms with Crippen LogP contribution in [0.3, 0.4) is 0 Å². The van der Waals surface area contributed by atoms with Crippen LogP contribution in [-0.4, -0.2) is 36.1 Å². The smallest absolute Gasteiger partial charge is 0.262 e. The van der Waals surface area contributed by atoms with E-state index in [1.54, 1.807) is 21.0 Å². The summed E-state index contributed by atoms with van der Waals surface area (Å²) in [5.74, 6) is 0.570. The number of carbonyl (C=O) groups excluding carboxylic acids is 1. The summed E-state index contributed by atoms with van der Waals surface area (Å²) in [4.78, 5) is 13.3. The van der Waals surface area contributed by atoms with E-state index in [4.69, 9.17) is 4.74 Å². The normalized spacial score (nSPS) is 19.5. The van der Waals surface area contributed by atoms with Gasteiger partial charge in [-0.1, -0.05) is 6.07 Å². The predicted octanol–water partition coefficient (Wildman–Crippen LogP) is 1.91. The Balaban J connectivity index is 2.14. The van der Waals surface area contributed by atoms with Crippen molar-refractivity contribution < 1.29 is 14.6 Å². The minimum Gasteiger partial charge on any atom is -0.481 e. The van der Waals surface area contributed by atoms with Crippen LogP contribution >= 0.6 is 0 Å². The average Bonchev–Trinajstić information content (AvgIpc) is 2.38. The molecule has 0 fully saturated rings. The van der Waals surface area contributed by atoms with Crippen molar-refractivity contribution in [2.45, 2.75) is 38.4 Å². The summed E-state index contributed by atoms with van der Waals surface area (Å²) in [6.45, 7) is 1.73. The lowest BCUT2D eigenvalue weighted by atomic mass is 9.89. The first kappa shape index (κ1) is 13.9. The van der Waals surface area contributed by atoms with Crippen LogP contribution < -0.4 is 4.74 Å². The lowest BCUT2D eigenvalue weighted by molar-refractivity contribution is -0.135. The number of likely N-dealkylation sites (N-methyl/N-ethyl adjacent to an activating group) is 1. The quantitative estimate of drug-likeness (QED) is 0.906. The van der Waals surface area contributed by atoms with Crippen LogP contribution in [0.15, 0.2) is 18.2 Å². The molecule has 1 unspecified atom stereocenters. The maximum Gasteiger partial charge on any atom is 0.262 e. The van der Waals surface area contributed by atoms with Gasteiger partial charge in [-0.2, -0.15) is 0 Å². The molecule has 0 bridgehead atoms. The molecule has 1 aliphatic rings. The number of aliphatic hydroxyl groups excluding tert-OH is 1. The number of hydrogen-bond donors (Lipinski definition) is 1. The summed E-state index contributed by atoms with van der Waals surface area (Å²) in [5.41, 5.74) is 2.12. The molecule has 104 valence electrons. The largest absolute Gasteiger partial charge is 0.481 e. The highest BCUT2D eigenvalue weighted by Gasteiger charge is 2.20. The van der Waals surface area contributed by atoms with Gasteiger partial charge in [0.05, 0.1) is 6.10 Å². The van der Waals surface area contributed by atoms with E-state index in [1.165, 1.54) is 10.5 Å². The molecule has 0 saturated heterocycles. The zero-order chi connectivity index (χ0) is 14.0. The highest BCUT2D eigenvalue weighted by molar-refractivity contribution is 5.80. The van der Waals surface area contributed by atoms with E-state index in [2.05, 4.69) is 0 Å². The minimum atomic E-state index is -0.520. The number of ether oxygens (including phenoxy) is 1. The second-order valence-corrected chi connectivity index (χ2v) is 5.26. The second kappa shape index (κ2) is 5.61. The van der Waals surface area contributed by atoms with Crippen LogP contribution in [0.25, 0.3) is 0 Å². The van der Waals surface area contributed by atoms with Crippen LogP contribution in [-0.2, 0) is 11.2 Å². The van der Waals surface area contributed by atoms with Crippen LogP contribution in [0.4, 0.5) is 0 Å². The van der Waals surface area contributed by atoms with Gasteiger partial charge in [0.1, 0.15) is 5.75 Å². The second-order valence-electron chi connectivity index (χ2n) is 5.26. The van der Waals surface area contributed by atoms with Crippen molar-refractivity contribution >= 4 is 5.91 Å². The fourth-order valence-corrected chi connectivity index (χ4v) is 2.44.